The van der Waals surface area contributed by atoms with E-state index in [1.165, 1.54) is 0 Å². The number of amides is 1. The Bertz CT molecular complexity index is 65.1. The molecule has 0 fully saturated rings. The molecule has 0 heterocycles. The lowest BCUT2D eigenvalue weighted by atomic mass is 10.6. The molecule has 0 saturated heterocycles. The summed E-state index contributed by atoms with van der Waals surface area (Å²) in [6, 6.07) is 0. The fourth-order valence-corrected chi connectivity index (χ4v) is 0.112. The van der Waals surface area contributed by atoms with E-state index in [1.807, 2.05) is 0 Å². The Hall–Kier alpha value is -0.610. The van der Waals surface area contributed by atoms with E-state index in [2.05, 4.69) is 0 Å². The van der Waals surface area contributed by atoms with Gasteiger partial charge in [0.2, 0.25) is 12.3 Å². The van der Waals surface area contributed by atoms with Gasteiger partial charge in [-0.1, -0.05) is 0 Å². The second-order valence-corrected chi connectivity index (χ2v) is 1.28. The first-order valence-electron chi connectivity index (χ1n) is 1.72. The monoisotopic (exact) mass is 105 g/mol. The summed E-state index contributed by atoms with van der Waals surface area (Å²) in [7, 11) is 0. The molecule has 0 rings (SSSR count). The average molecular weight is 105 g/mol. The van der Waals surface area contributed by atoms with Gasteiger partial charge in [0.15, 0.2) is 0 Å². The molecule has 0 aliphatic carbocycles. The Balaban J connectivity index is 3.34. The summed E-state index contributed by atoms with van der Waals surface area (Å²) in [4.78, 5) is 9.39. The van der Waals surface area contributed by atoms with Crippen molar-refractivity contribution in [2.24, 2.45) is 0 Å². The summed E-state index contributed by atoms with van der Waals surface area (Å²) in [5.41, 5.74) is 0. The molecule has 4 heteroatoms. The van der Waals surface area contributed by atoms with Gasteiger partial charge in [-0.25, -0.2) is 0 Å². The highest BCUT2D eigenvalue weighted by Crippen LogP contribution is 1.83. The third kappa shape index (κ3) is 5.39. The van der Waals surface area contributed by atoms with Gasteiger partial charge in [-0.05, 0) is 0 Å². The Labute approximate surface area is 40.8 Å². The van der Waals surface area contributed by atoms with Crippen LogP contribution in [0.3, 0.4) is 0 Å². The molecule has 0 spiro atoms. The summed E-state index contributed by atoms with van der Waals surface area (Å²) in [6.45, 7) is 1.04. The van der Waals surface area contributed by atoms with Gasteiger partial charge in [-0.2, -0.15) is 0 Å². The first-order valence-corrected chi connectivity index (χ1v) is 1.72. The van der Waals surface area contributed by atoms with Gasteiger partial charge in [0, 0.05) is 6.92 Å². The summed E-state index contributed by atoms with van der Waals surface area (Å²) in [5.74, 6) is -2.07. The standard InChI is InChI=1S/C3H7NO3/c1-3(6,7)4-2-5/h2,6-7H,1H3,(H,4,5). The van der Waals surface area contributed by atoms with E-state index in [0.29, 0.717) is 0 Å². The van der Waals surface area contributed by atoms with Crippen LogP contribution in [-0.2, 0) is 4.79 Å². The minimum Gasteiger partial charge on any atom is -0.349 e. The topological polar surface area (TPSA) is 69.6 Å². The van der Waals surface area contributed by atoms with Gasteiger partial charge in [-0.15, -0.1) is 0 Å². The molecule has 0 aliphatic rings. The van der Waals surface area contributed by atoms with Gasteiger partial charge in [0.1, 0.15) is 0 Å². The second kappa shape index (κ2) is 1.90. The summed E-state index contributed by atoms with van der Waals surface area (Å²) in [6.07, 6.45) is 0.208. The van der Waals surface area contributed by atoms with Crippen molar-refractivity contribution in [2.45, 2.75) is 12.8 Å². The van der Waals surface area contributed by atoms with E-state index in [1.54, 1.807) is 5.32 Å². The molecule has 0 aromatic heterocycles. The van der Waals surface area contributed by atoms with Crippen LogP contribution in [0.25, 0.3) is 0 Å². The molecular formula is C3H7NO3. The Kier molecular flexibility index (Phi) is 1.74. The van der Waals surface area contributed by atoms with Crippen molar-refractivity contribution >= 4 is 6.41 Å². The number of nitrogens with one attached hydrogen (secondary N) is 1. The van der Waals surface area contributed by atoms with Crippen molar-refractivity contribution in [2.75, 3.05) is 0 Å². The van der Waals surface area contributed by atoms with Crippen molar-refractivity contribution in [1.82, 2.24) is 5.32 Å². The number of carbonyl (C=O) groups excluding carboxylic acids is 1. The number of hydrogen-bond acceptors (Lipinski definition) is 3. The molecule has 0 radical (unpaired) electrons. The van der Waals surface area contributed by atoms with Gasteiger partial charge >= 0.3 is 0 Å². The highest BCUT2D eigenvalue weighted by molar-refractivity contribution is 5.46. The fraction of sp³-hybridized carbons (Fsp3) is 0.667. The molecule has 0 aromatic rings. The fourth-order valence-electron chi connectivity index (χ4n) is 0.112. The van der Waals surface area contributed by atoms with E-state index in [4.69, 9.17) is 10.2 Å². The van der Waals surface area contributed by atoms with Gasteiger partial charge < -0.3 is 15.5 Å². The minimum absolute atomic E-state index is 0.208. The minimum atomic E-state index is -2.07. The molecule has 0 bridgehead atoms. The van der Waals surface area contributed by atoms with Crippen LogP contribution in [0.2, 0.25) is 0 Å². The first kappa shape index (κ1) is 6.39. The average Bonchev–Trinajstić information content (AvgIpc) is 1.30. The zero-order valence-electron chi connectivity index (χ0n) is 3.88. The zero-order chi connectivity index (χ0) is 5.91. The van der Waals surface area contributed by atoms with Crippen LogP contribution in [0, 0.1) is 0 Å². The van der Waals surface area contributed by atoms with Crippen molar-refractivity contribution in [3.05, 3.63) is 0 Å². The molecule has 7 heavy (non-hydrogen) atoms. The number of carbonyl (C=O) groups is 1. The van der Waals surface area contributed by atoms with Crippen LogP contribution >= 0.6 is 0 Å². The largest absolute Gasteiger partial charge is 0.349 e. The second-order valence-electron chi connectivity index (χ2n) is 1.28. The summed E-state index contributed by atoms with van der Waals surface area (Å²) < 4.78 is 0. The Morgan fingerprint density at radius 2 is 2.14 bits per heavy atom. The third-order valence-corrected chi connectivity index (χ3v) is 0.332. The molecule has 42 valence electrons. The number of aliphatic hydroxyl groups is 2. The van der Waals surface area contributed by atoms with Crippen molar-refractivity contribution < 1.29 is 15.0 Å². The molecule has 0 atom stereocenters. The predicted octanol–water partition coefficient (Wildman–Crippen LogP) is -1.61. The molecule has 0 saturated carbocycles. The van der Waals surface area contributed by atoms with Crippen LogP contribution in [0.4, 0.5) is 0 Å². The quantitative estimate of drug-likeness (QED) is 0.292. The maximum Gasteiger partial charge on any atom is 0.243 e. The van der Waals surface area contributed by atoms with Crippen LogP contribution in [-0.4, -0.2) is 22.5 Å². The van der Waals surface area contributed by atoms with E-state index in [0.717, 1.165) is 6.92 Å². The molecule has 0 unspecified atom stereocenters. The van der Waals surface area contributed by atoms with Crippen molar-refractivity contribution in [3.63, 3.8) is 0 Å². The normalized spacial score (nSPS) is 10.7. The van der Waals surface area contributed by atoms with Crippen LogP contribution < -0.4 is 5.32 Å². The number of hydrogen-bond donors (Lipinski definition) is 3. The predicted molar refractivity (Wildman–Crippen MR) is 22.0 cm³/mol. The highest BCUT2D eigenvalue weighted by Gasteiger charge is 2.10. The van der Waals surface area contributed by atoms with Gasteiger partial charge in [-0.3, -0.25) is 4.79 Å². The first-order chi connectivity index (χ1) is 3.06. The molecule has 3 N–H and O–H groups in total. The van der Waals surface area contributed by atoms with Crippen LogP contribution in [0.5, 0.6) is 0 Å². The lowest BCUT2D eigenvalue weighted by Gasteiger charge is -2.11. The Morgan fingerprint density at radius 1 is 1.71 bits per heavy atom. The van der Waals surface area contributed by atoms with Crippen molar-refractivity contribution in [3.8, 4) is 0 Å². The van der Waals surface area contributed by atoms with E-state index < -0.39 is 5.91 Å². The molecule has 4 nitrogen and oxygen atoms in total. The zero-order valence-corrected chi connectivity index (χ0v) is 3.88. The van der Waals surface area contributed by atoms with Crippen LogP contribution in [0.15, 0.2) is 0 Å². The lowest BCUT2D eigenvalue weighted by molar-refractivity contribution is -0.171. The molecule has 1 amide bonds. The summed E-state index contributed by atoms with van der Waals surface area (Å²) in [5, 5.41) is 18.2. The van der Waals surface area contributed by atoms with E-state index >= 15 is 0 Å². The SMILES string of the molecule is CC(O)(O)NC=O. The summed E-state index contributed by atoms with van der Waals surface area (Å²) >= 11 is 0. The van der Waals surface area contributed by atoms with Gasteiger partial charge in [0.05, 0.1) is 0 Å². The molecule has 0 aromatic carbocycles. The number of rotatable bonds is 2. The van der Waals surface area contributed by atoms with Crippen molar-refractivity contribution in [1.29, 1.82) is 0 Å². The van der Waals surface area contributed by atoms with E-state index in [-0.39, 0.29) is 6.41 Å². The smallest absolute Gasteiger partial charge is 0.243 e. The Morgan fingerprint density at radius 3 is 2.14 bits per heavy atom. The highest BCUT2D eigenvalue weighted by atomic mass is 16.5. The van der Waals surface area contributed by atoms with Crippen LogP contribution in [0.1, 0.15) is 6.92 Å². The maximum absolute atomic E-state index is 9.39. The third-order valence-electron chi connectivity index (χ3n) is 0.332. The maximum atomic E-state index is 9.39. The van der Waals surface area contributed by atoms with E-state index in [9.17, 15) is 4.79 Å². The lowest BCUT2D eigenvalue weighted by Crippen LogP contribution is -2.40. The van der Waals surface area contributed by atoms with Gasteiger partial charge in [0.25, 0.3) is 0 Å². The molecular weight excluding hydrogens is 98.0 g/mol. The molecule has 0 aliphatic heterocycles.